The van der Waals surface area contributed by atoms with Crippen LogP contribution in [0.3, 0.4) is 0 Å². The van der Waals surface area contributed by atoms with Gasteiger partial charge in [-0.2, -0.15) is 0 Å². The van der Waals surface area contributed by atoms with Crippen LogP contribution in [0.1, 0.15) is 41.5 Å². The molecular formula is C63H57N3O6. The highest BCUT2D eigenvalue weighted by Crippen LogP contribution is 2.38. The lowest BCUT2D eigenvalue weighted by atomic mass is 9.90. The van der Waals surface area contributed by atoms with Crippen molar-refractivity contribution in [3.05, 3.63) is 195 Å². The standard InChI is InChI=1S/C63H57N3O6/c1-7-64(8-2)52-25-22-46-34-55(61(67)70-58(46)37-52)43-19-13-16-40(28-43)49-31-50(41-17-14-20-44(29-41)56-35-47-23-26-53(65(9-3)10-4)38-59(47)71-62(56)68)33-51(32-49)42-18-15-21-45(30-42)57-36-48-24-27-54(66(11-5)12-6)39-60(48)72-63(57)69/h13-39H,7-12H2,1-6H3. The van der Waals surface area contributed by atoms with Gasteiger partial charge in [-0.1, -0.05) is 54.6 Å². The van der Waals surface area contributed by atoms with Crippen molar-refractivity contribution in [3.8, 4) is 66.8 Å². The molecule has 0 spiro atoms. The monoisotopic (exact) mass is 951 g/mol. The highest BCUT2D eigenvalue weighted by Gasteiger charge is 2.17. The van der Waals surface area contributed by atoms with E-state index in [1.165, 1.54) is 0 Å². The Labute approximate surface area is 418 Å². The van der Waals surface area contributed by atoms with Gasteiger partial charge in [0, 0.05) is 90.7 Å². The third-order valence-corrected chi connectivity index (χ3v) is 14.0. The molecule has 0 saturated heterocycles. The molecule has 0 amide bonds. The second kappa shape index (κ2) is 20.1. The molecular weight excluding hydrogens is 895 g/mol. The molecule has 0 N–H and O–H groups in total. The van der Waals surface area contributed by atoms with Crippen LogP contribution in [0, 0.1) is 0 Å². The second-order valence-electron chi connectivity index (χ2n) is 18.1. The molecule has 0 fully saturated rings. The first-order valence-electron chi connectivity index (χ1n) is 25.0. The zero-order valence-corrected chi connectivity index (χ0v) is 41.6. The molecule has 7 aromatic carbocycles. The number of fused-ring (bicyclic) bond motifs is 3. The first-order chi connectivity index (χ1) is 35.1. The Kier molecular flexibility index (Phi) is 13.2. The highest BCUT2D eigenvalue weighted by atomic mass is 16.4. The van der Waals surface area contributed by atoms with E-state index in [0.717, 1.165) is 123 Å². The lowest BCUT2D eigenvalue weighted by Crippen LogP contribution is -2.21. The average Bonchev–Trinajstić information content (AvgIpc) is 3.41. The van der Waals surface area contributed by atoms with Crippen molar-refractivity contribution in [2.45, 2.75) is 41.5 Å². The quantitative estimate of drug-likeness (QED) is 0.0930. The van der Waals surface area contributed by atoms with E-state index in [1.54, 1.807) is 0 Å². The minimum absolute atomic E-state index is 0.413. The van der Waals surface area contributed by atoms with Crippen LogP contribution in [0.2, 0.25) is 0 Å². The largest absolute Gasteiger partial charge is 0.422 e. The molecule has 0 radical (unpaired) electrons. The van der Waals surface area contributed by atoms with Gasteiger partial charge < -0.3 is 28.0 Å². The Morgan fingerprint density at radius 2 is 0.542 bits per heavy atom. The van der Waals surface area contributed by atoms with Crippen LogP contribution >= 0.6 is 0 Å². The molecule has 9 heteroatoms. The molecule has 360 valence electrons. The number of nitrogens with zero attached hydrogens (tertiary/aromatic N) is 3. The molecule has 10 aromatic rings. The highest BCUT2D eigenvalue weighted by molar-refractivity contribution is 5.90. The normalized spacial score (nSPS) is 11.4. The molecule has 0 unspecified atom stereocenters. The zero-order chi connectivity index (χ0) is 50.0. The van der Waals surface area contributed by atoms with E-state index in [1.807, 2.05) is 127 Å². The number of rotatable bonds is 15. The van der Waals surface area contributed by atoms with Crippen molar-refractivity contribution in [2.75, 3.05) is 54.0 Å². The van der Waals surface area contributed by atoms with Gasteiger partial charge in [-0.15, -0.1) is 0 Å². The van der Waals surface area contributed by atoms with Crippen LogP contribution in [0.25, 0.3) is 99.7 Å². The van der Waals surface area contributed by atoms with Gasteiger partial charge in [0.2, 0.25) is 0 Å². The topological polar surface area (TPSA) is 100 Å². The lowest BCUT2D eigenvalue weighted by Gasteiger charge is -2.21. The number of anilines is 3. The third kappa shape index (κ3) is 9.21. The Hall–Kier alpha value is -8.43. The summed E-state index contributed by atoms with van der Waals surface area (Å²) < 4.78 is 18.0. The number of benzene rings is 7. The third-order valence-electron chi connectivity index (χ3n) is 14.0. The molecule has 3 aromatic heterocycles. The Balaban J connectivity index is 1.08. The van der Waals surface area contributed by atoms with Gasteiger partial charge in [-0.25, -0.2) is 14.4 Å². The van der Waals surface area contributed by atoms with E-state index in [4.69, 9.17) is 13.3 Å². The van der Waals surface area contributed by atoms with Crippen molar-refractivity contribution in [1.82, 2.24) is 0 Å². The summed E-state index contributed by atoms with van der Waals surface area (Å²) >= 11 is 0. The molecule has 0 aliphatic rings. The molecule has 0 atom stereocenters. The fourth-order valence-electron chi connectivity index (χ4n) is 9.99. The van der Waals surface area contributed by atoms with E-state index in [0.29, 0.717) is 33.4 Å². The van der Waals surface area contributed by atoms with Gasteiger partial charge >= 0.3 is 16.9 Å². The van der Waals surface area contributed by atoms with Crippen molar-refractivity contribution in [3.63, 3.8) is 0 Å². The van der Waals surface area contributed by atoms with Gasteiger partial charge in [0.05, 0.1) is 16.7 Å². The van der Waals surface area contributed by atoms with E-state index in [9.17, 15) is 14.4 Å². The summed E-state index contributed by atoms with van der Waals surface area (Å²) in [5.41, 5.74) is 12.4. The lowest BCUT2D eigenvalue weighted by molar-refractivity contribution is 0.563. The van der Waals surface area contributed by atoms with Gasteiger partial charge in [-0.3, -0.25) is 0 Å². The maximum atomic E-state index is 13.8. The van der Waals surface area contributed by atoms with Crippen LogP contribution in [-0.4, -0.2) is 39.3 Å². The predicted molar refractivity (Wildman–Crippen MR) is 298 cm³/mol. The van der Waals surface area contributed by atoms with Crippen LogP contribution in [-0.2, 0) is 0 Å². The van der Waals surface area contributed by atoms with Crippen LogP contribution in [0.5, 0.6) is 0 Å². The number of hydrogen-bond donors (Lipinski definition) is 0. The van der Waals surface area contributed by atoms with Crippen LogP contribution < -0.4 is 31.6 Å². The fraction of sp³-hybridized carbons (Fsp3) is 0.190. The van der Waals surface area contributed by atoms with E-state index in [-0.39, 0.29) is 0 Å². The summed E-state index contributed by atoms with van der Waals surface area (Å²) in [5.74, 6) is 0. The maximum Gasteiger partial charge on any atom is 0.344 e. The van der Waals surface area contributed by atoms with Crippen molar-refractivity contribution in [1.29, 1.82) is 0 Å². The van der Waals surface area contributed by atoms with Gasteiger partial charge in [0.25, 0.3) is 0 Å². The molecule has 9 nitrogen and oxygen atoms in total. The van der Waals surface area contributed by atoms with Gasteiger partial charge in [0.15, 0.2) is 0 Å². The van der Waals surface area contributed by atoms with E-state index in [2.05, 4.69) is 92.6 Å². The molecule has 10 rings (SSSR count). The molecule has 0 saturated carbocycles. The summed E-state index contributed by atoms with van der Waals surface area (Å²) in [7, 11) is 0. The summed E-state index contributed by atoms with van der Waals surface area (Å²) in [6.45, 7) is 17.7. The maximum absolute atomic E-state index is 13.8. The minimum Gasteiger partial charge on any atom is -0.422 e. The average molecular weight is 952 g/mol. The molecule has 0 aliphatic heterocycles. The van der Waals surface area contributed by atoms with Crippen molar-refractivity contribution >= 4 is 50.0 Å². The van der Waals surface area contributed by atoms with Crippen LogP contribution in [0.15, 0.2) is 191 Å². The zero-order valence-electron chi connectivity index (χ0n) is 41.6. The van der Waals surface area contributed by atoms with Gasteiger partial charge in [0.1, 0.15) is 16.7 Å². The van der Waals surface area contributed by atoms with E-state index < -0.39 is 16.9 Å². The Morgan fingerprint density at radius 3 is 0.806 bits per heavy atom. The molecule has 72 heavy (non-hydrogen) atoms. The summed E-state index contributed by atoms with van der Waals surface area (Å²) in [6, 6.07) is 54.0. The summed E-state index contributed by atoms with van der Waals surface area (Å²) in [5, 5.41) is 2.51. The SMILES string of the molecule is CCN(CC)c1ccc2cc(-c3cccc(-c4cc(-c5cccc(-c6cc7ccc(N(CC)CC)cc7oc6=O)c5)cc(-c5cccc(-c6cc7ccc(N(CC)CC)cc7oc6=O)c5)c4)c3)c(=O)oc2c1. The number of hydrogen-bond acceptors (Lipinski definition) is 9. The summed E-state index contributed by atoms with van der Waals surface area (Å²) in [4.78, 5) is 47.9. The predicted octanol–water partition coefficient (Wildman–Crippen LogP) is 14.5. The van der Waals surface area contributed by atoms with Crippen molar-refractivity contribution in [2.24, 2.45) is 0 Å². The summed E-state index contributed by atoms with van der Waals surface area (Å²) in [6.07, 6.45) is 0. The molecule has 3 heterocycles. The minimum atomic E-state index is -0.413. The first kappa shape index (κ1) is 47.3. The Morgan fingerprint density at radius 1 is 0.292 bits per heavy atom. The van der Waals surface area contributed by atoms with Crippen molar-refractivity contribution < 1.29 is 13.3 Å². The first-order valence-corrected chi connectivity index (χ1v) is 25.0. The fourth-order valence-corrected chi connectivity index (χ4v) is 9.99. The smallest absolute Gasteiger partial charge is 0.344 e. The Bertz CT molecular complexity index is 3430. The van der Waals surface area contributed by atoms with E-state index >= 15 is 0 Å². The second-order valence-corrected chi connectivity index (χ2v) is 18.1. The molecule has 0 aliphatic carbocycles. The van der Waals surface area contributed by atoms with Crippen LogP contribution in [0.4, 0.5) is 17.1 Å². The molecule has 0 bridgehead atoms. The van der Waals surface area contributed by atoms with Gasteiger partial charge in [-0.05, 0) is 183 Å².